The highest BCUT2D eigenvalue weighted by Crippen LogP contribution is 2.14. The van der Waals surface area contributed by atoms with Gasteiger partial charge in [0.25, 0.3) is 0 Å². The van der Waals surface area contributed by atoms with E-state index < -0.39 is 5.97 Å². The molecule has 20 heavy (non-hydrogen) atoms. The van der Waals surface area contributed by atoms with Crippen LogP contribution in [0.1, 0.15) is 33.1 Å². The van der Waals surface area contributed by atoms with E-state index in [9.17, 15) is 9.59 Å². The smallest absolute Gasteiger partial charge is 0.322 e. The zero-order valence-corrected chi connectivity index (χ0v) is 12.1. The van der Waals surface area contributed by atoms with E-state index in [2.05, 4.69) is 15.5 Å². The van der Waals surface area contributed by atoms with Crippen LogP contribution in [0, 0.1) is 6.92 Å². The Labute approximate surface area is 117 Å². The molecule has 2 N–H and O–H groups in total. The van der Waals surface area contributed by atoms with Crippen molar-refractivity contribution in [1.29, 1.82) is 0 Å². The fourth-order valence-electron chi connectivity index (χ4n) is 1.56. The Balaban J connectivity index is 2.59. The molecule has 0 aliphatic heterocycles. The van der Waals surface area contributed by atoms with Crippen LogP contribution in [-0.2, 0) is 9.59 Å². The van der Waals surface area contributed by atoms with Gasteiger partial charge in [0.05, 0.1) is 13.0 Å². The molecule has 0 atom stereocenters. The molecule has 1 aromatic rings. The van der Waals surface area contributed by atoms with E-state index in [4.69, 9.17) is 9.52 Å². The van der Waals surface area contributed by atoms with Gasteiger partial charge in [-0.3, -0.25) is 19.8 Å². The summed E-state index contributed by atoms with van der Waals surface area (Å²) in [5.41, 5.74) is -0.322. The van der Waals surface area contributed by atoms with Crippen LogP contribution < -0.4 is 5.32 Å². The number of nitrogens with zero attached hydrogens (tertiary/aromatic N) is 3. The predicted molar refractivity (Wildman–Crippen MR) is 71.2 cm³/mol. The molecule has 0 saturated carbocycles. The van der Waals surface area contributed by atoms with Crippen molar-refractivity contribution in [3.8, 4) is 0 Å². The number of hydrogen-bond acceptors (Lipinski definition) is 6. The van der Waals surface area contributed by atoms with Crippen molar-refractivity contribution >= 4 is 17.9 Å². The lowest BCUT2D eigenvalue weighted by Gasteiger charge is -2.34. The molecule has 112 valence electrons. The van der Waals surface area contributed by atoms with Gasteiger partial charge in [-0.2, -0.15) is 0 Å². The van der Waals surface area contributed by atoms with E-state index in [0.29, 0.717) is 5.89 Å². The molecule has 0 aliphatic carbocycles. The molecule has 1 aromatic heterocycles. The maximum Gasteiger partial charge on any atom is 0.322 e. The van der Waals surface area contributed by atoms with Crippen LogP contribution in [0.3, 0.4) is 0 Å². The predicted octanol–water partition coefficient (Wildman–Crippen LogP) is 0.892. The van der Waals surface area contributed by atoms with Crippen LogP contribution in [0.5, 0.6) is 0 Å². The number of carboxylic acid groups (broad SMARTS) is 1. The number of anilines is 1. The lowest BCUT2D eigenvalue weighted by atomic mass is 10.1. The number of carbonyl (C=O) groups is 2. The Morgan fingerprint density at radius 1 is 1.35 bits per heavy atom. The van der Waals surface area contributed by atoms with Crippen molar-refractivity contribution in [3.63, 3.8) is 0 Å². The van der Waals surface area contributed by atoms with Gasteiger partial charge in [-0.1, -0.05) is 5.10 Å². The summed E-state index contributed by atoms with van der Waals surface area (Å²) in [6.45, 7) is 7.71. The second-order valence-electron chi connectivity index (χ2n) is 5.41. The highest BCUT2D eigenvalue weighted by molar-refractivity contribution is 5.90. The SMILES string of the molecule is Cc1nnc(NC(=O)CN(CCC(=O)O)C(C)(C)C)o1. The van der Waals surface area contributed by atoms with Gasteiger partial charge in [-0.15, -0.1) is 5.10 Å². The van der Waals surface area contributed by atoms with E-state index in [1.807, 2.05) is 20.8 Å². The molecular formula is C12H20N4O4. The van der Waals surface area contributed by atoms with Crippen LogP contribution in [0.4, 0.5) is 6.01 Å². The van der Waals surface area contributed by atoms with Gasteiger partial charge in [-0.05, 0) is 20.8 Å². The standard InChI is InChI=1S/C12H20N4O4/c1-8-14-15-11(20-8)13-9(17)7-16(12(2,3)4)6-5-10(18)19/h5-7H2,1-4H3,(H,18,19)(H,13,15,17). The minimum absolute atomic E-state index is 0.0236. The van der Waals surface area contributed by atoms with Crippen molar-refractivity contribution in [2.24, 2.45) is 0 Å². The summed E-state index contributed by atoms with van der Waals surface area (Å²) < 4.78 is 5.05. The number of rotatable bonds is 6. The molecule has 0 aromatic carbocycles. The number of amides is 1. The van der Waals surface area contributed by atoms with Crippen LogP contribution in [0.25, 0.3) is 0 Å². The van der Waals surface area contributed by atoms with E-state index in [0.717, 1.165) is 0 Å². The molecular weight excluding hydrogens is 264 g/mol. The number of hydrogen-bond donors (Lipinski definition) is 2. The molecule has 0 spiro atoms. The third-order valence-corrected chi connectivity index (χ3v) is 2.65. The van der Waals surface area contributed by atoms with Crippen molar-refractivity contribution in [3.05, 3.63) is 5.89 Å². The average molecular weight is 284 g/mol. The normalized spacial score (nSPS) is 11.7. The lowest BCUT2D eigenvalue weighted by Crippen LogP contribution is -2.46. The number of nitrogens with one attached hydrogen (secondary N) is 1. The molecule has 0 fully saturated rings. The molecule has 0 aliphatic rings. The van der Waals surface area contributed by atoms with Crippen LogP contribution in [0.15, 0.2) is 4.42 Å². The first-order valence-electron chi connectivity index (χ1n) is 6.25. The minimum atomic E-state index is -0.896. The van der Waals surface area contributed by atoms with Gasteiger partial charge in [0.2, 0.25) is 11.8 Å². The van der Waals surface area contributed by atoms with E-state index in [-0.39, 0.29) is 37.0 Å². The molecule has 0 unspecified atom stereocenters. The van der Waals surface area contributed by atoms with Gasteiger partial charge < -0.3 is 9.52 Å². The summed E-state index contributed by atoms with van der Waals surface area (Å²) in [5.74, 6) is -0.861. The Kier molecular flexibility index (Phi) is 5.20. The Morgan fingerprint density at radius 2 is 2.00 bits per heavy atom. The third-order valence-electron chi connectivity index (χ3n) is 2.65. The number of aryl methyl sites for hydroxylation is 1. The largest absolute Gasteiger partial charge is 0.481 e. The first-order valence-corrected chi connectivity index (χ1v) is 6.25. The van der Waals surface area contributed by atoms with Crippen molar-refractivity contribution in [2.45, 2.75) is 39.7 Å². The van der Waals surface area contributed by atoms with E-state index in [1.54, 1.807) is 11.8 Å². The van der Waals surface area contributed by atoms with Crippen molar-refractivity contribution in [1.82, 2.24) is 15.1 Å². The fourth-order valence-corrected chi connectivity index (χ4v) is 1.56. The summed E-state index contributed by atoms with van der Waals surface area (Å²) >= 11 is 0. The quantitative estimate of drug-likeness (QED) is 0.798. The lowest BCUT2D eigenvalue weighted by molar-refractivity contribution is -0.138. The second-order valence-corrected chi connectivity index (χ2v) is 5.41. The topological polar surface area (TPSA) is 109 Å². The summed E-state index contributed by atoms with van der Waals surface area (Å²) in [5, 5.41) is 18.5. The first-order chi connectivity index (χ1) is 9.18. The van der Waals surface area contributed by atoms with Gasteiger partial charge in [0.15, 0.2) is 0 Å². The monoisotopic (exact) mass is 284 g/mol. The number of aromatic nitrogens is 2. The summed E-state index contributed by atoms with van der Waals surface area (Å²) in [6.07, 6.45) is -0.0236. The van der Waals surface area contributed by atoms with Crippen molar-refractivity contribution in [2.75, 3.05) is 18.4 Å². The molecule has 8 heteroatoms. The Morgan fingerprint density at radius 3 is 2.45 bits per heavy atom. The molecule has 1 heterocycles. The van der Waals surface area contributed by atoms with E-state index >= 15 is 0 Å². The minimum Gasteiger partial charge on any atom is -0.481 e. The van der Waals surface area contributed by atoms with E-state index in [1.165, 1.54) is 0 Å². The van der Waals surface area contributed by atoms with Gasteiger partial charge in [0.1, 0.15) is 0 Å². The number of carboxylic acids is 1. The molecule has 1 amide bonds. The highest BCUT2D eigenvalue weighted by atomic mass is 16.4. The second kappa shape index (κ2) is 6.47. The van der Waals surface area contributed by atoms with Crippen LogP contribution >= 0.6 is 0 Å². The summed E-state index contributed by atoms with van der Waals surface area (Å²) in [7, 11) is 0. The summed E-state index contributed by atoms with van der Waals surface area (Å²) in [6, 6.07) is 0.0413. The molecule has 0 bridgehead atoms. The molecule has 1 rings (SSSR count). The maximum atomic E-state index is 11.9. The maximum absolute atomic E-state index is 11.9. The first kappa shape index (κ1) is 16.1. The number of carbonyl (C=O) groups excluding carboxylic acids is 1. The zero-order chi connectivity index (χ0) is 15.3. The highest BCUT2D eigenvalue weighted by Gasteiger charge is 2.24. The Hall–Kier alpha value is -1.96. The van der Waals surface area contributed by atoms with Crippen LogP contribution in [-0.4, -0.2) is 50.7 Å². The molecule has 8 nitrogen and oxygen atoms in total. The third kappa shape index (κ3) is 5.35. The zero-order valence-electron chi connectivity index (χ0n) is 12.1. The molecule has 0 radical (unpaired) electrons. The van der Waals surface area contributed by atoms with Crippen LogP contribution in [0.2, 0.25) is 0 Å². The van der Waals surface area contributed by atoms with Gasteiger partial charge >= 0.3 is 12.0 Å². The molecule has 0 saturated heterocycles. The average Bonchev–Trinajstić information content (AvgIpc) is 2.68. The number of aliphatic carboxylic acids is 1. The summed E-state index contributed by atoms with van der Waals surface area (Å²) in [4.78, 5) is 24.3. The fraction of sp³-hybridized carbons (Fsp3) is 0.667. The van der Waals surface area contributed by atoms with Gasteiger partial charge in [-0.25, -0.2) is 0 Å². The Bertz CT molecular complexity index is 478. The van der Waals surface area contributed by atoms with Gasteiger partial charge in [0, 0.05) is 19.0 Å². The van der Waals surface area contributed by atoms with Crippen molar-refractivity contribution < 1.29 is 19.1 Å².